The highest BCUT2D eigenvalue weighted by Gasteiger charge is 2.23. The molecule has 0 saturated heterocycles. The lowest BCUT2D eigenvalue weighted by atomic mass is 10.1. The van der Waals surface area contributed by atoms with Crippen molar-refractivity contribution in [1.82, 2.24) is 0 Å². The summed E-state index contributed by atoms with van der Waals surface area (Å²) in [5.74, 6) is 1.84. The molecule has 2 heteroatoms. The lowest BCUT2D eigenvalue weighted by molar-refractivity contribution is 0.271. The van der Waals surface area contributed by atoms with Crippen molar-refractivity contribution in [2.45, 2.75) is 19.4 Å². The number of benzene rings is 1. The van der Waals surface area contributed by atoms with Crippen LogP contribution in [0.5, 0.6) is 11.5 Å². The summed E-state index contributed by atoms with van der Waals surface area (Å²) in [5.41, 5.74) is 2.28. The molecule has 0 spiro atoms. The Morgan fingerprint density at radius 3 is 3.00 bits per heavy atom. The molecule has 0 bridgehead atoms. The van der Waals surface area contributed by atoms with Crippen LogP contribution < -0.4 is 9.47 Å². The van der Waals surface area contributed by atoms with Gasteiger partial charge >= 0.3 is 0 Å². The SMILES string of the molecule is C=C(C)[C@@H]1Cc2cc(OC)ccc2O1. The average molecular weight is 190 g/mol. The van der Waals surface area contributed by atoms with Crippen LogP contribution in [0.3, 0.4) is 0 Å². The maximum absolute atomic E-state index is 5.71. The fourth-order valence-electron chi connectivity index (χ4n) is 1.63. The number of hydrogen-bond acceptors (Lipinski definition) is 2. The lowest BCUT2D eigenvalue weighted by Crippen LogP contribution is -2.13. The third kappa shape index (κ3) is 1.48. The minimum Gasteiger partial charge on any atom is -0.497 e. The van der Waals surface area contributed by atoms with Crippen LogP contribution in [-0.4, -0.2) is 13.2 Å². The summed E-state index contributed by atoms with van der Waals surface area (Å²) in [7, 11) is 1.67. The van der Waals surface area contributed by atoms with Gasteiger partial charge in [-0.1, -0.05) is 6.58 Å². The van der Waals surface area contributed by atoms with E-state index in [1.807, 2.05) is 25.1 Å². The molecule has 0 aromatic heterocycles. The van der Waals surface area contributed by atoms with Crippen molar-refractivity contribution in [1.29, 1.82) is 0 Å². The van der Waals surface area contributed by atoms with Gasteiger partial charge in [0.2, 0.25) is 0 Å². The molecule has 0 saturated carbocycles. The molecule has 2 nitrogen and oxygen atoms in total. The van der Waals surface area contributed by atoms with Crippen molar-refractivity contribution in [3.05, 3.63) is 35.9 Å². The van der Waals surface area contributed by atoms with Crippen molar-refractivity contribution >= 4 is 0 Å². The minimum atomic E-state index is 0.136. The average Bonchev–Trinajstić information content (AvgIpc) is 2.59. The van der Waals surface area contributed by atoms with Crippen molar-refractivity contribution in [2.75, 3.05) is 7.11 Å². The van der Waals surface area contributed by atoms with Gasteiger partial charge in [0.25, 0.3) is 0 Å². The van der Waals surface area contributed by atoms with E-state index in [1.165, 1.54) is 5.56 Å². The van der Waals surface area contributed by atoms with Gasteiger partial charge in [-0.05, 0) is 30.7 Å². The Labute approximate surface area is 84.2 Å². The first-order valence-electron chi connectivity index (χ1n) is 4.69. The fraction of sp³-hybridized carbons (Fsp3) is 0.333. The molecule has 1 aliphatic heterocycles. The first-order valence-corrected chi connectivity index (χ1v) is 4.69. The summed E-state index contributed by atoms with van der Waals surface area (Å²) in [6.07, 6.45) is 1.04. The van der Waals surface area contributed by atoms with E-state index in [-0.39, 0.29) is 6.10 Å². The highest BCUT2D eigenvalue weighted by molar-refractivity contribution is 5.44. The highest BCUT2D eigenvalue weighted by atomic mass is 16.5. The zero-order chi connectivity index (χ0) is 10.1. The van der Waals surface area contributed by atoms with Crippen LogP contribution in [0.1, 0.15) is 12.5 Å². The van der Waals surface area contributed by atoms with E-state index in [1.54, 1.807) is 7.11 Å². The van der Waals surface area contributed by atoms with Crippen molar-refractivity contribution in [3.63, 3.8) is 0 Å². The van der Waals surface area contributed by atoms with Crippen molar-refractivity contribution in [2.24, 2.45) is 0 Å². The number of hydrogen-bond donors (Lipinski definition) is 0. The number of fused-ring (bicyclic) bond motifs is 1. The lowest BCUT2D eigenvalue weighted by Gasteiger charge is -2.08. The molecule has 0 fully saturated rings. The van der Waals surface area contributed by atoms with Gasteiger partial charge < -0.3 is 9.47 Å². The van der Waals surface area contributed by atoms with Gasteiger partial charge in [0.15, 0.2) is 0 Å². The molecule has 2 rings (SSSR count). The minimum absolute atomic E-state index is 0.136. The number of methoxy groups -OCH3 is 1. The van der Waals surface area contributed by atoms with Crippen LogP contribution in [0.2, 0.25) is 0 Å². The molecule has 74 valence electrons. The summed E-state index contributed by atoms with van der Waals surface area (Å²) >= 11 is 0. The van der Waals surface area contributed by atoms with E-state index in [0.717, 1.165) is 23.5 Å². The van der Waals surface area contributed by atoms with E-state index < -0.39 is 0 Å². The van der Waals surface area contributed by atoms with Gasteiger partial charge in [-0.15, -0.1) is 0 Å². The van der Waals surface area contributed by atoms with Gasteiger partial charge in [0, 0.05) is 12.0 Å². The molecule has 0 aliphatic carbocycles. The summed E-state index contributed by atoms with van der Waals surface area (Å²) in [6.45, 7) is 5.90. The Balaban J connectivity index is 2.27. The Kier molecular flexibility index (Phi) is 2.20. The topological polar surface area (TPSA) is 18.5 Å². The molecule has 14 heavy (non-hydrogen) atoms. The molecule has 1 aliphatic rings. The molecular weight excluding hydrogens is 176 g/mol. The molecule has 1 aromatic rings. The second kappa shape index (κ2) is 3.37. The molecule has 0 amide bonds. The predicted molar refractivity (Wildman–Crippen MR) is 55.9 cm³/mol. The monoisotopic (exact) mass is 190 g/mol. The fourth-order valence-corrected chi connectivity index (χ4v) is 1.63. The zero-order valence-electron chi connectivity index (χ0n) is 8.54. The Bertz CT molecular complexity index is 369. The Hall–Kier alpha value is -1.44. The highest BCUT2D eigenvalue weighted by Crippen LogP contribution is 2.33. The number of rotatable bonds is 2. The Morgan fingerprint density at radius 2 is 2.36 bits per heavy atom. The van der Waals surface area contributed by atoms with Gasteiger partial charge in [-0.3, -0.25) is 0 Å². The third-order valence-electron chi connectivity index (χ3n) is 2.49. The molecule has 1 aromatic carbocycles. The Morgan fingerprint density at radius 1 is 1.57 bits per heavy atom. The van der Waals surface area contributed by atoms with E-state index in [9.17, 15) is 0 Å². The van der Waals surface area contributed by atoms with E-state index in [4.69, 9.17) is 9.47 Å². The van der Waals surface area contributed by atoms with Gasteiger partial charge in [-0.25, -0.2) is 0 Å². The first kappa shape index (κ1) is 9.13. The van der Waals surface area contributed by atoms with Crippen LogP contribution >= 0.6 is 0 Å². The molecule has 0 N–H and O–H groups in total. The first-order chi connectivity index (χ1) is 6.70. The molecule has 1 heterocycles. The quantitative estimate of drug-likeness (QED) is 0.667. The maximum Gasteiger partial charge on any atom is 0.123 e. The second-order valence-corrected chi connectivity index (χ2v) is 3.63. The van der Waals surface area contributed by atoms with E-state index >= 15 is 0 Å². The summed E-state index contributed by atoms with van der Waals surface area (Å²) in [4.78, 5) is 0. The maximum atomic E-state index is 5.71. The van der Waals surface area contributed by atoms with Gasteiger partial charge in [0.05, 0.1) is 7.11 Å². The number of ether oxygens (including phenoxy) is 2. The second-order valence-electron chi connectivity index (χ2n) is 3.63. The molecule has 0 radical (unpaired) electrons. The van der Waals surface area contributed by atoms with Crippen LogP contribution in [0.4, 0.5) is 0 Å². The van der Waals surface area contributed by atoms with Crippen LogP contribution in [0.15, 0.2) is 30.4 Å². The van der Waals surface area contributed by atoms with Crippen LogP contribution in [-0.2, 0) is 6.42 Å². The largest absolute Gasteiger partial charge is 0.497 e. The summed E-state index contributed by atoms with van der Waals surface area (Å²) < 4.78 is 10.9. The zero-order valence-corrected chi connectivity index (χ0v) is 8.54. The van der Waals surface area contributed by atoms with Gasteiger partial charge in [0.1, 0.15) is 17.6 Å². The summed E-state index contributed by atoms with van der Waals surface area (Å²) in [5, 5.41) is 0. The van der Waals surface area contributed by atoms with Crippen LogP contribution in [0, 0.1) is 0 Å². The normalized spacial score (nSPS) is 18.6. The van der Waals surface area contributed by atoms with E-state index in [2.05, 4.69) is 6.58 Å². The molecule has 0 unspecified atom stereocenters. The standard InChI is InChI=1S/C12H14O2/c1-8(2)12-7-9-6-10(13-3)4-5-11(9)14-12/h4-6,12H,1,7H2,2-3H3/t12-/m0/s1. The smallest absolute Gasteiger partial charge is 0.123 e. The predicted octanol–water partition coefficient (Wildman–Crippen LogP) is 2.57. The third-order valence-corrected chi connectivity index (χ3v) is 2.49. The summed E-state index contributed by atoms with van der Waals surface area (Å²) in [6, 6.07) is 5.90. The van der Waals surface area contributed by atoms with Crippen molar-refractivity contribution in [3.8, 4) is 11.5 Å². The molecule has 1 atom stereocenters. The van der Waals surface area contributed by atoms with Crippen molar-refractivity contribution < 1.29 is 9.47 Å². The van der Waals surface area contributed by atoms with E-state index in [0.29, 0.717) is 0 Å². The molecular formula is C12H14O2. The van der Waals surface area contributed by atoms with Gasteiger partial charge in [-0.2, -0.15) is 0 Å². The van der Waals surface area contributed by atoms with Crippen LogP contribution in [0.25, 0.3) is 0 Å².